The van der Waals surface area contributed by atoms with Gasteiger partial charge in [-0.1, -0.05) is 31.4 Å². The van der Waals surface area contributed by atoms with Crippen LogP contribution in [-0.2, 0) is 11.3 Å². The van der Waals surface area contributed by atoms with Crippen molar-refractivity contribution >= 4 is 17.4 Å². The number of allylic oxidation sites excluding steroid dienone is 1. The van der Waals surface area contributed by atoms with Crippen LogP contribution in [0.3, 0.4) is 0 Å². The molecule has 2 N–H and O–H groups in total. The molecule has 3 aromatic rings. The van der Waals surface area contributed by atoms with Crippen molar-refractivity contribution in [1.82, 2.24) is 25.5 Å². The van der Waals surface area contributed by atoms with E-state index in [0.717, 1.165) is 32.5 Å². The first-order valence-electron chi connectivity index (χ1n) is 10.7. The average molecular weight is 438 g/mol. The zero-order valence-corrected chi connectivity index (χ0v) is 18.5. The Bertz CT molecular complexity index is 1020. The molecule has 3 heterocycles. The maximum absolute atomic E-state index is 11.8. The molecule has 1 aliphatic carbocycles. The lowest BCUT2D eigenvalue weighted by atomic mass is 9.86. The van der Waals surface area contributed by atoms with Crippen LogP contribution >= 0.6 is 11.3 Å². The predicted molar refractivity (Wildman–Crippen MR) is 122 cm³/mol. The van der Waals surface area contributed by atoms with Gasteiger partial charge in [0.1, 0.15) is 17.3 Å². The second kappa shape index (κ2) is 10.3. The first-order chi connectivity index (χ1) is 15.2. The quantitative estimate of drug-likeness (QED) is 0.480. The Kier molecular flexibility index (Phi) is 7.09. The molecule has 0 saturated heterocycles. The van der Waals surface area contributed by atoms with Gasteiger partial charge in [0.15, 0.2) is 0 Å². The number of ether oxygens (including phenoxy) is 1. The van der Waals surface area contributed by atoms with Gasteiger partial charge in [0, 0.05) is 23.9 Å². The molecular weight excluding hydrogens is 410 g/mol. The van der Waals surface area contributed by atoms with E-state index < -0.39 is 6.09 Å². The van der Waals surface area contributed by atoms with Gasteiger partial charge in [-0.2, -0.15) is 5.10 Å². The molecule has 0 radical (unpaired) electrons. The van der Waals surface area contributed by atoms with Crippen molar-refractivity contribution in [2.45, 2.75) is 51.5 Å². The Balaban J connectivity index is 1.54. The number of alkyl carbamates (subject to hydrolysis) is 1. The summed E-state index contributed by atoms with van der Waals surface area (Å²) >= 11 is 1.66. The molecular formula is C23H27N5O2S. The first-order valence-corrected chi connectivity index (χ1v) is 11.5. The fourth-order valence-electron chi connectivity index (χ4n) is 3.79. The monoisotopic (exact) mass is 437 g/mol. The third-order valence-corrected chi connectivity index (χ3v) is 6.53. The van der Waals surface area contributed by atoms with E-state index in [2.05, 4.69) is 20.5 Å². The van der Waals surface area contributed by atoms with Crippen LogP contribution in [0.1, 0.15) is 56.3 Å². The first kappa shape index (κ1) is 21.2. The van der Waals surface area contributed by atoms with E-state index in [4.69, 9.17) is 9.72 Å². The van der Waals surface area contributed by atoms with Gasteiger partial charge >= 0.3 is 6.09 Å². The van der Waals surface area contributed by atoms with Crippen molar-refractivity contribution < 1.29 is 9.53 Å². The largest absolute Gasteiger partial charge is 0.445 e. The van der Waals surface area contributed by atoms with Crippen molar-refractivity contribution in [3.8, 4) is 21.1 Å². The van der Waals surface area contributed by atoms with Crippen molar-refractivity contribution in [3.05, 3.63) is 54.1 Å². The lowest BCUT2D eigenvalue weighted by Gasteiger charge is -2.20. The van der Waals surface area contributed by atoms with Crippen LogP contribution in [0.5, 0.6) is 0 Å². The highest BCUT2D eigenvalue weighted by molar-refractivity contribution is 7.18. The van der Waals surface area contributed by atoms with E-state index in [-0.39, 0.29) is 6.61 Å². The highest BCUT2D eigenvalue weighted by Crippen LogP contribution is 2.42. The molecule has 3 aromatic heterocycles. The maximum atomic E-state index is 11.8. The summed E-state index contributed by atoms with van der Waals surface area (Å²) in [6, 6.07) is 5.96. The van der Waals surface area contributed by atoms with Gasteiger partial charge in [0.25, 0.3) is 0 Å². The number of pyridine rings is 1. The maximum Gasteiger partial charge on any atom is 0.407 e. The zero-order valence-electron chi connectivity index (χ0n) is 17.6. The number of aromatic amines is 1. The number of carbonyl (C=O) groups is 1. The van der Waals surface area contributed by atoms with E-state index in [1.54, 1.807) is 23.6 Å². The Morgan fingerprint density at radius 3 is 3.00 bits per heavy atom. The summed E-state index contributed by atoms with van der Waals surface area (Å²) < 4.78 is 5.06. The van der Waals surface area contributed by atoms with E-state index in [0.29, 0.717) is 12.5 Å². The molecule has 8 heteroatoms. The fourth-order valence-corrected chi connectivity index (χ4v) is 4.89. The molecule has 0 atom stereocenters. The third kappa shape index (κ3) is 5.38. The van der Waals surface area contributed by atoms with Crippen LogP contribution in [0.2, 0.25) is 0 Å². The second-order valence-electron chi connectivity index (χ2n) is 7.61. The van der Waals surface area contributed by atoms with Gasteiger partial charge in [-0.3, -0.25) is 10.1 Å². The molecule has 0 aliphatic heterocycles. The average Bonchev–Trinajstić information content (AvgIpc) is 3.46. The molecule has 1 saturated carbocycles. The van der Waals surface area contributed by atoms with Crippen molar-refractivity contribution in [3.63, 3.8) is 0 Å². The van der Waals surface area contributed by atoms with Crippen LogP contribution in [0.4, 0.5) is 4.79 Å². The molecule has 0 bridgehead atoms. The van der Waals surface area contributed by atoms with Crippen LogP contribution in [0.15, 0.2) is 42.7 Å². The number of H-pyrrole nitrogens is 1. The zero-order chi connectivity index (χ0) is 21.5. The number of amides is 1. The third-order valence-electron chi connectivity index (χ3n) is 5.39. The van der Waals surface area contributed by atoms with Crippen molar-refractivity contribution in [2.24, 2.45) is 0 Å². The molecule has 1 amide bonds. The highest BCUT2D eigenvalue weighted by Gasteiger charge is 2.25. The van der Waals surface area contributed by atoms with E-state index >= 15 is 0 Å². The fraction of sp³-hybridized carbons (Fsp3) is 0.391. The summed E-state index contributed by atoms with van der Waals surface area (Å²) in [5.41, 5.74) is 3.86. The topological polar surface area (TPSA) is 92.8 Å². The van der Waals surface area contributed by atoms with Crippen LogP contribution in [-0.4, -0.2) is 32.9 Å². The normalized spacial score (nSPS) is 14.7. The molecule has 1 aliphatic rings. The highest BCUT2D eigenvalue weighted by atomic mass is 32.1. The summed E-state index contributed by atoms with van der Waals surface area (Å²) in [5.74, 6) is 0.463. The van der Waals surface area contributed by atoms with Gasteiger partial charge in [0.05, 0.1) is 22.8 Å². The number of rotatable bonds is 7. The Morgan fingerprint density at radius 2 is 2.23 bits per heavy atom. The molecule has 162 valence electrons. The number of aromatic nitrogens is 4. The minimum atomic E-state index is -0.450. The summed E-state index contributed by atoms with van der Waals surface area (Å²) in [5, 5.41) is 11.3. The lowest BCUT2D eigenvalue weighted by Crippen LogP contribution is -2.23. The van der Waals surface area contributed by atoms with Crippen LogP contribution in [0, 0.1) is 0 Å². The lowest BCUT2D eigenvalue weighted by molar-refractivity contribution is 0.157. The summed E-state index contributed by atoms with van der Waals surface area (Å²) in [7, 11) is 0. The number of hydrogen-bond acceptors (Lipinski definition) is 6. The number of nitrogens with one attached hydrogen (secondary N) is 2. The number of hydrogen-bond donors (Lipinski definition) is 2. The minimum absolute atomic E-state index is 0.263. The summed E-state index contributed by atoms with van der Waals surface area (Å²) in [6.07, 6.45) is 12.9. The van der Waals surface area contributed by atoms with E-state index in [1.807, 2.05) is 37.4 Å². The smallest absolute Gasteiger partial charge is 0.407 e. The van der Waals surface area contributed by atoms with Gasteiger partial charge < -0.3 is 10.1 Å². The standard InChI is InChI=1S/C23H27N5O2S/c1-2-3-12-30-23(29)25-15-18-13-19(28-27-18)21-20(16-8-5-4-6-9-16)26-22(31-21)17-10-7-11-24-14-17/h2-3,7,10-11,13-14,16H,4-6,8-9,12,15H2,1H3,(H,25,29)(H,27,28)/b3-2+. The van der Waals surface area contributed by atoms with Gasteiger partial charge in [-0.25, -0.2) is 9.78 Å². The van der Waals surface area contributed by atoms with Crippen molar-refractivity contribution in [1.29, 1.82) is 0 Å². The van der Waals surface area contributed by atoms with Gasteiger partial charge in [-0.15, -0.1) is 11.3 Å². The Morgan fingerprint density at radius 1 is 1.35 bits per heavy atom. The Labute approximate surface area is 186 Å². The summed E-state index contributed by atoms with van der Waals surface area (Å²) in [6.45, 7) is 2.47. The van der Waals surface area contributed by atoms with Gasteiger partial charge in [0.2, 0.25) is 0 Å². The molecule has 7 nitrogen and oxygen atoms in total. The summed E-state index contributed by atoms with van der Waals surface area (Å²) in [4.78, 5) is 22.2. The number of nitrogens with zero attached hydrogens (tertiary/aromatic N) is 3. The molecule has 31 heavy (non-hydrogen) atoms. The SMILES string of the molecule is C/C=C/COC(=O)NCc1cc(-c2sc(-c3cccnc3)nc2C2CCCCC2)n[nH]1. The molecule has 0 aromatic carbocycles. The minimum Gasteiger partial charge on any atom is -0.445 e. The predicted octanol–water partition coefficient (Wildman–Crippen LogP) is 5.45. The van der Waals surface area contributed by atoms with Crippen molar-refractivity contribution in [2.75, 3.05) is 6.61 Å². The Hall–Kier alpha value is -3.00. The molecule has 0 spiro atoms. The van der Waals surface area contributed by atoms with Crippen LogP contribution < -0.4 is 5.32 Å². The number of carbonyl (C=O) groups excluding carboxylic acids is 1. The molecule has 1 fully saturated rings. The second-order valence-corrected chi connectivity index (χ2v) is 8.61. The van der Waals surface area contributed by atoms with E-state index in [1.165, 1.54) is 32.1 Å². The van der Waals surface area contributed by atoms with Crippen LogP contribution in [0.25, 0.3) is 21.1 Å². The number of thiazole rings is 1. The molecule has 4 rings (SSSR count). The molecule has 0 unspecified atom stereocenters. The van der Waals surface area contributed by atoms with E-state index in [9.17, 15) is 4.79 Å². The van der Waals surface area contributed by atoms with Gasteiger partial charge in [-0.05, 0) is 38.0 Å².